The van der Waals surface area contributed by atoms with Crippen LogP contribution in [0, 0.1) is 4.77 Å². The van der Waals surface area contributed by atoms with Crippen molar-refractivity contribution in [1.29, 1.82) is 0 Å². The van der Waals surface area contributed by atoms with E-state index < -0.39 is 0 Å². The molecule has 5 heteroatoms. The normalized spacial score (nSPS) is 10.7. The van der Waals surface area contributed by atoms with Gasteiger partial charge in [-0.15, -0.1) is 0 Å². The number of rotatable bonds is 3. The highest BCUT2D eigenvalue weighted by Crippen LogP contribution is 2.20. The summed E-state index contributed by atoms with van der Waals surface area (Å²) in [5, 5.41) is 2.17. The first-order valence-electron chi connectivity index (χ1n) is 6.46. The van der Waals surface area contributed by atoms with Crippen LogP contribution >= 0.6 is 12.2 Å². The first-order chi connectivity index (χ1) is 10.2. The van der Waals surface area contributed by atoms with E-state index in [1.807, 2.05) is 42.5 Å². The molecule has 0 unspecified atom stereocenters. The second-order valence-corrected chi connectivity index (χ2v) is 5.14. The van der Waals surface area contributed by atoms with Crippen LogP contribution in [0.2, 0.25) is 0 Å². The van der Waals surface area contributed by atoms with Crippen LogP contribution in [-0.2, 0) is 6.42 Å². The molecule has 3 rings (SSSR count). The Morgan fingerprint density at radius 2 is 1.81 bits per heavy atom. The van der Waals surface area contributed by atoms with Crippen LogP contribution in [0.4, 0.5) is 0 Å². The lowest BCUT2D eigenvalue weighted by atomic mass is 9.98. The van der Waals surface area contributed by atoms with E-state index in [-0.39, 0.29) is 16.0 Å². The van der Waals surface area contributed by atoms with Crippen LogP contribution in [0.5, 0.6) is 0 Å². The summed E-state index contributed by atoms with van der Waals surface area (Å²) in [6, 6.07) is 13.9. The van der Waals surface area contributed by atoms with Gasteiger partial charge in [-0.2, -0.15) is 0 Å². The number of carbonyl (C=O) groups is 1. The minimum absolute atomic E-state index is 0.156. The van der Waals surface area contributed by atoms with Gasteiger partial charge in [-0.25, -0.2) is 0 Å². The molecule has 4 nitrogen and oxygen atoms in total. The summed E-state index contributed by atoms with van der Waals surface area (Å²) in [6.07, 6.45) is 1.00. The average molecular weight is 296 g/mol. The van der Waals surface area contributed by atoms with Gasteiger partial charge in [-0.05, 0) is 28.6 Å². The SMILES string of the molecule is O=Cc1[nH]c(=S)[nH]c(=O)c1Cc1cccc2ccccc12. The van der Waals surface area contributed by atoms with Crippen molar-refractivity contribution in [1.82, 2.24) is 9.97 Å². The Morgan fingerprint density at radius 1 is 1.05 bits per heavy atom. The Labute approximate surface area is 125 Å². The van der Waals surface area contributed by atoms with Gasteiger partial charge in [0.15, 0.2) is 11.1 Å². The summed E-state index contributed by atoms with van der Waals surface area (Å²) in [4.78, 5) is 28.5. The molecule has 0 amide bonds. The molecule has 21 heavy (non-hydrogen) atoms. The molecule has 104 valence electrons. The maximum Gasteiger partial charge on any atom is 0.255 e. The molecule has 1 heterocycles. The fourth-order valence-corrected chi connectivity index (χ4v) is 2.65. The zero-order valence-corrected chi connectivity index (χ0v) is 11.9. The average Bonchev–Trinajstić information content (AvgIpc) is 2.50. The maximum atomic E-state index is 12.1. The van der Waals surface area contributed by atoms with E-state index in [1.54, 1.807) is 0 Å². The van der Waals surface area contributed by atoms with Crippen molar-refractivity contribution in [2.24, 2.45) is 0 Å². The van der Waals surface area contributed by atoms with Gasteiger partial charge in [0, 0.05) is 12.0 Å². The zero-order chi connectivity index (χ0) is 14.8. The van der Waals surface area contributed by atoms with Crippen LogP contribution < -0.4 is 5.56 Å². The number of aromatic amines is 2. The third kappa shape index (κ3) is 2.55. The molecule has 3 aromatic rings. The van der Waals surface area contributed by atoms with Crippen LogP contribution in [0.25, 0.3) is 10.8 Å². The number of fused-ring (bicyclic) bond motifs is 1. The molecular weight excluding hydrogens is 284 g/mol. The summed E-state index contributed by atoms with van der Waals surface area (Å²) in [5.41, 5.74) is 1.30. The lowest BCUT2D eigenvalue weighted by molar-refractivity contribution is 0.111. The van der Waals surface area contributed by atoms with Gasteiger partial charge in [-0.1, -0.05) is 42.5 Å². The summed E-state index contributed by atoms with van der Waals surface area (Å²) in [6.45, 7) is 0. The fourth-order valence-electron chi connectivity index (χ4n) is 2.44. The fraction of sp³-hybridized carbons (Fsp3) is 0.0625. The third-order valence-corrected chi connectivity index (χ3v) is 3.64. The molecule has 0 saturated carbocycles. The number of hydrogen-bond acceptors (Lipinski definition) is 3. The molecule has 0 bridgehead atoms. The van der Waals surface area contributed by atoms with Crippen molar-refractivity contribution in [2.75, 3.05) is 0 Å². The van der Waals surface area contributed by atoms with E-state index in [1.165, 1.54) is 0 Å². The van der Waals surface area contributed by atoms with Crippen molar-refractivity contribution >= 4 is 29.3 Å². The van der Waals surface area contributed by atoms with Crippen LogP contribution in [0.15, 0.2) is 47.3 Å². The molecule has 0 radical (unpaired) electrons. The van der Waals surface area contributed by atoms with Crippen molar-refractivity contribution in [3.05, 3.63) is 74.4 Å². The molecule has 0 aliphatic carbocycles. The highest BCUT2D eigenvalue weighted by molar-refractivity contribution is 7.71. The third-order valence-electron chi connectivity index (χ3n) is 3.44. The molecular formula is C16H12N2O2S. The van der Waals surface area contributed by atoms with Gasteiger partial charge in [0.25, 0.3) is 5.56 Å². The summed E-state index contributed by atoms with van der Waals surface area (Å²) in [5.74, 6) is 0. The van der Waals surface area contributed by atoms with E-state index in [0.717, 1.165) is 16.3 Å². The van der Waals surface area contributed by atoms with Crippen LogP contribution in [0.3, 0.4) is 0 Å². The zero-order valence-electron chi connectivity index (χ0n) is 11.1. The quantitative estimate of drug-likeness (QED) is 0.577. The van der Waals surface area contributed by atoms with Gasteiger partial charge in [-0.3, -0.25) is 14.6 Å². The van der Waals surface area contributed by atoms with Crippen molar-refractivity contribution in [3.63, 3.8) is 0 Å². The van der Waals surface area contributed by atoms with Crippen molar-refractivity contribution in [3.8, 4) is 0 Å². The predicted molar refractivity (Wildman–Crippen MR) is 84.4 cm³/mol. The van der Waals surface area contributed by atoms with Gasteiger partial charge in [0.2, 0.25) is 0 Å². The molecule has 0 fully saturated rings. The van der Waals surface area contributed by atoms with Gasteiger partial charge >= 0.3 is 0 Å². The molecule has 0 aliphatic heterocycles. The number of carbonyl (C=O) groups excluding carboxylic acids is 1. The second kappa shape index (κ2) is 5.46. The number of hydrogen-bond donors (Lipinski definition) is 2. The number of aldehydes is 1. The molecule has 1 aromatic heterocycles. The molecule has 2 N–H and O–H groups in total. The lowest BCUT2D eigenvalue weighted by Gasteiger charge is -2.07. The number of nitrogens with one attached hydrogen (secondary N) is 2. The Balaban J connectivity index is 2.18. The van der Waals surface area contributed by atoms with Gasteiger partial charge in [0.05, 0.1) is 5.69 Å². The van der Waals surface area contributed by atoms with Crippen molar-refractivity contribution < 1.29 is 4.79 Å². The second-order valence-electron chi connectivity index (χ2n) is 4.73. The Hall–Kier alpha value is -2.53. The molecule has 2 aromatic carbocycles. The van der Waals surface area contributed by atoms with Gasteiger partial charge in [0.1, 0.15) is 0 Å². The van der Waals surface area contributed by atoms with E-state index in [0.29, 0.717) is 18.3 Å². The first kappa shape index (κ1) is 13.5. The largest absolute Gasteiger partial charge is 0.329 e. The highest BCUT2D eigenvalue weighted by Gasteiger charge is 2.10. The lowest BCUT2D eigenvalue weighted by Crippen LogP contribution is -2.18. The van der Waals surface area contributed by atoms with E-state index in [2.05, 4.69) is 9.97 Å². The summed E-state index contributed by atoms with van der Waals surface area (Å²) in [7, 11) is 0. The maximum absolute atomic E-state index is 12.1. The van der Waals surface area contributed by atoms with E-state index in [4.69, 9.17) is 12.2 Å². The highest BCUT2D eigenvalue weighted by atomic mass is 32.1. The summed E-state index contributed by atoms with van der Waals surface area (Å²) < 4.78 is 0.156. The first-order valence-corrected chi connectivity index (χ1v) is 6.87. The molecule has 0 atom stereocenters. The van der Waals surface area contributed by atoms with E-state index in [9.17, 15) is 9.59 Å². The Kier molecular flexibility index (Phi) is 3.50. The molecule has 0 aliphatic rings. The molecule has 0 spiro atoms. The molecule has 0 saturated heterocycles. The van der Waals surface area contributed by atoms with Gasteiger partial charge < -0.3 is 4.98 Å². The minimum Gasteiger partial charge on any atom is -0.329 e. The monoisotopic (exact) mass is 296 g/mol. The van der Waals surface area contributed by atoms with Crippen LogP contribution in [0.1, 0.15) is 21.6 Å². The number of benzene rings is 2. The van der Waals surface area contributed by atoms with E-state index >= 15 is 0 Å². The topological polar surface area (TPSA) is 65.7 Å². The Morgan fingerprint density at radius 3 is 2.62 bits per heavy atom. The summed E-state index contributed by atoms with van der Waals surface area (Å²) >= 11 is 4.88. The minimum atomic E-state index is -0.325. The van der Waals surface area contributed by atoms with Crippen molar-refractivity contribution in [2.45, 2.75) is 6.42 Å². The number of H-pyrrole nitrogens is 2. The number of aromatic nitrogens is 2. The van der Waals surface area contributed by atoms with Crippen LogP contribution in [-0.4, -0.2) is 16.3 Å². The smallest absolute Gasteiger partial charge is 0.255 e. The predicted octanol–water partition coefficient (Wildman–Crippen LogP) is 2.99. The standard InChI is InChI=1S/C16H12N2O2S/c19-9-14-13(15(20)18-16(21)17-14)8-11-6-3-5-10-4-1-2-7-12(10)11/h1-7,9H,8H2,(H2,17,18,20,21). The Bertz CT molecular complexity index is 935.